The first-order valence-electron chi connectivity index (χ1n) is 11.2. The maximum atomic E-state index is 14.8. The number of imidazole rings is 1. The fourth-order valence-electron chi connectivity index (χ4n) is 4.92. The number of aryl methyl sites for hydroxylation is 2. The van der Waals surface area contributed by atoms with Crippen LogP contribution in [0.3, 0.4) is 0 Å². The normalized spacial score (nSPS) is 14.5. The minimum Gasteiger partial charge on any atom is -0.481 e. The van der Waals surface area contributed by atoms with Gasteiger partial charge in [-0.25, -0.2) is 4.79 Å². The molecular formula is C27H25F3N2O4. The maximum Gasteiger partial charge on any atom is 0.422 e. The van der Waals surface area contributed by atoms with Gasteiger partial charge in [0.2, 0.25) is 0 Å². The van der Waals surface area contributed by atoms with Gasteiger partial charge < -0.3 is 10.2 Å². The van der Waals surface area contributed by atoms with E-state index < -0.39 is 41.3 Å². The van der Waals surface area contributed by atoms with E-state index in [2.05, 4.69) is 0 Å². The van der Waals surface area contributed by atoms with Crippen molar-refractivity contribution in [2.45, 2.75) is 31.0 Å². The third-order valence-corrected chi connectivity index (χ3v) is 6.83. The Hall–Kier alpha value is -3.85. The summed E-state index contributed by atoms with van der Waals surface area (Å²) in [6.07, 6.45) is -5.64. The van der Waals surface area contributed by atoms with Gasteiger partial charge in [0.05, 0.1) is 17.5 Å². The van der Waals surface area contributed by atoms with Crippen molar-refractivity contribution in [2.24, 2.45) is 14.1 Å². The summed E-state index contributed by atoms with van der Waals surface area (Å²) in [6.45, 7) is 1.24. The Balaban J connectivity index is 2.01. The third-order valence-electron chi connectivity index (χ3n) is 6.83. The third kappa shape index (κ3) is 3.99. The van der Waals surface area contributed by atoms with Gasteiger partial charge in [0.1, 0.15) is 0 Å². The highest BCUT2D eigenvalue weighted by Gasteiger charge is 2.59. The number of nitrogens with zero attached hydrogens (tertiary/aromatic N) is 2. The molecule has 188 valence electrons. The van der Waals surface area contributed by atoms with E-state index in [9.17, 15) is 33.0 Å². The predicted molar refractivity (Wildman–Crippen MR) is 130 cm³/mol. The van der Waals surface area contributed by atoms with E-state index in [0.717, 1.165) is 6.07 Å². The number of aromatic nitrogens is 2. The molecule has 36 heavy (non-hydrogen) atoms. The monoisotopic (exact) mass is 498 g/mol. The van der Waals surface area contributed by atoms with Gasteiger partial charge in [-0.15, -0.1) is 0 Å². The standard InChI is InChI=1S/C27H25F3N2O4/c1-16(24-18(14-23(33)34)10-7-11-20(24)17-8-5-4-6-9-17)26(36,27(28,29)30)19-12-13-21-22(15-19)32(3)25(35)31(21)2/h4-13,15-16,36H,14H2,1-3H3,(H,33,34). The largest absolute Gasteiger partial charge is 0.481 e. The van der Waals surface area contributed by atoms with Crippen molar-refractivity contribution >= 4 is 17.0 Å². The summed E-state index contributed by atoms with van der Waals surface area (Å²) in [5.74, 6) is -2.80. The molecule has 0 aliphatic rings. The van der Waals surface area contributed by atoms with Gasteiger partial charge in [0.15, 0.2) is 5.60 Å². The molecule has 4 aromatic rings. The molecular weight excluding hydrogens is 473 g/mol. The van der Waals surface area contributed by atoms with Gasteiger partial charge >= 0.3 is 17.8 Å². The van der Waals surface area contributed by atoms with Crippen LogP contribution in [-0.4, -0.2) is 31.5 Å². The zero-order valence-corrected chi connectivity index (χ0v) is 19.9. The molecule has 0 amide bonds. The first-order valence-corrected chi connectivity index (χ1v) is 11.2. The van der Waals surface area contributed by atoms with Crippen LogP contribution in [0.1, 0.15) is 29.5 Å². The van der Waals surface area contributed by atoms with Crippen molar-refractivity contribution in [3.05, 3.63) is 93.9 Å². The molecule has 2 N–H and O–H groups in total. The second kappa shape index (κ2) is 8.98. The summed E-state index contributed by atoms with van der Waals surface area (Å²) in [4.78, 5) is 23.9. The Morgan fingerprint density at radius 2 is 1.58 bits per heavy atom. The fourth-order valence-corrected chi connectivity index (χ4v) is 4.92. The van der Waals surface area contributed by atoms with Crippen molar-refractivity contribution in [1.82, 2.24) is 9.13 Å². The summed E-state index contributed by atoms with van der Waals surface area (Å²) in [5, 5.41) is 21.0. The molecule has 0 aliphatic heterocycles. The van der Waals surface area contributed by atoms with Crippen LogP contribution in [0.5, 0.6) is 0 Å². The molecule has 0 aliphatic carbocycles. The fraction of sp³-hybridized carbons (Fsp3) is 0.259. The second-order valence-corrected chi connectivity index (χ2v) is 8.90. The van der Waals surface area contributed by atoms with Crippen molar-refractivity contribution in [1.29, 1.82) is 0 Å². The van der Waals surface area contributed by atoms with Gasteiger partial charge in [0, 0.05) is 20.0 Å². The Kier molecular flexibility index (Phi) is 6.30. The highest BCUT2D eigenvalue weighted by Crippen LogP contribution is 2.51. The number of carboxylic acids is 1. The van der Waals surface area contributed by atoms with E-state index in [1.165, 1.54) is 48.4 Å². The number of aliphatic hydroxyl groups is 1. The number of aliphatic carboxylic acids is 1. The number of rotatable bonds is 6. The summed E-state index contributed by atoms with van der Waals surface area (Å²) in [7, 11) is 2.96. The first kappa shape index (κ1) is 25.2. The van der Waals surface area contributed by atoms with Crippen LogP contribution in [0.4, 0.5) is 13.2 Å². The Morgan fingerprint density at radius 3 is 2.19 bits per heavy atom. The molecule has 6 nitrogen and oxygen atoms in total. The van der Waals surface area contributed by atoms with Crippen LogP contribution in [0.15, 0.2) is 71.5 Å². The molecule has 0 saturated carbocycles. The molecule has 3 aromatic carbocycles. The highest BCUT2D eigenvalue weighted by atomic mass is 19.4. The predicted octanol–water partition coefficient (Wildman–Crippen LogP) is 4.72. The summed E-state index contributed by atoms with van der Waals surface area (Å²) >= 11 is 0. The first-order chi connectivity index (χ1) is 16.9. The minimum absolute atomic E-state index is 0.0907. The van der Waals surface area contributed by atoms with Crippen molar-refractivity contribution in [3.8, 4) is 11.1 Å². The number of carbonyl (C=O) groups is 1. The Bertz CT molecular complexity index is 1510. The minimum atomic E-state index is -5.13. The van der Waals surface area contributed by atoms with E-state index in [-0.39, 0.29) is 16.6 Å². The smallest absolute Gasteiger partial charge is 0.422 e. The number of carboxylic acid groups (broad SMARTS) is 1. The zero-order valence-electron chi connectivity index (χ0n) is 19.9. The van der Waals surface area contributed by atoms with Gasteiger partial charge in [-0.3, -0.25) is 13.9 Å². The summed E-state index contributed by atoms with van der Waals surface area (Å²) < 4.78 is 46.9. The summed E-state index contributed by atoms with van der Waals surface area (Å²) in [6, 6.07) is 17.0. The number of benzene rings is 3. The molecule has 1 aromatic heterocycles. The van der Waals surface area contributed by atoms with Gasteiger partial charge in [-0.2, -0.15) is 13.2 Å². The van der Waals surface area contributed by atoms with Crippen LogP contribution >= 0.6 is 0 Å². The quantitative estimate of drug-likeness (QED) is 0.403. The number of hydrogen-bond acceptors (Lipinski definition) is 3. The van der Waals surface area contributed by atoms with Crippen LogP contribution in [0.25, 0.3) is 22.2 Å². The molecule has 2 atom stereocenters. The zero-order chi connectivity index (χ0) is 26.4. The molecule has 0 spiro atoms. The lowest BCUT2D eigenvalue weighted by Crippen LogP contribution is -2.47. The molecule has 0 radical (unpaired) electrons. The van der Waals surface area contributed by atoms with Crippen LogP contribution in [-0.2, 0) is 30.9 Å². The lowest BCUT2D eigenvalue weighted by molar-refractivity contribution is -0.274. The molecule has 0 bridgehead atoms. The number of alkyl halides is 3. The molecule has 1 heterocycles. The topological polar surface area (TPSA) is 84.5 Å². The molecule has 9 heteroatoms. The van der Waals surface area contributed by atoms with E-state index >= 15 is 0 Å². The van der Waals surface area contributed by atoms with E-state index in [1.807, 2.05) is 0 Å². The Morgan fingerprint density at radius 1 is 0.944 bits per heavy atom. The van der Waals surface area contributed by atoms with Crippen molar-refractivity contribution in [3.63, 3.8) is 0 Å². The number of fused-ring (bicyclic) bond motifs is 1. The maximum absolute atomic E-state index is 14.8. The molecule has 2 unspecified atom stereocenters. The highest BCUT2D eigenvalue weighted by molar-refractivity contribution is 5.78. The Labute approximate surface area is 204 Å². The van der Waals surface area contributed by atoms with Crippen LogP contribution in [0, 0.1) is 0 Å². The van der Waals surface area contributed by atoms with E-state index in [4.69, 9.17) is 0 Å². The average Bonchev–Trinajstić information content (AvgIpc) is 3.06. The van der Waals surface area contributed by atoms with Crippen LogP contribution in [0.2, 0.25) is 0 Å². The lowest BCUT2D eigenvalue weighted by Gasteiger charge is -2.38. The van der Waals surface area contributed by atoms with Gasteiger partial charge in [-0.1, -0.05) is 61.5 Å². The number of halogens is 3. The number of hydrogen-bond donors (Lipinski definition) is 2. The molecule has 0 saturated heterocycles. The summed E-state index contributed by atoms with van der Waals surface area (Å²) in [5.41, 5.74) is -2.33. The van der Waals surface area contributed by atoms with E-state index in [1.54, 1.807) is 42.5 Å². The van der Waals surface area contributed by atoms with Crippen LogP contribution < -0.4 is 5.69 Å². The molecule has 4 rings (SSSR count). The second-order valence-electron chi connectivity index (χ2n) is 8.90. The van der Waals surface area contributed by atoms with Gasteiger partial charge in [0.25, 0.3) is 0 Å². The lowest BCUT2D eigenvalue weighted by atomic mass is 9.73. The van der Waals surface area contributed by atoms with Gasteiger partial charge in [-0.05, 0) is 39.9 Å². The SMILES string of the molecule is CC(c1c(CC(=O)O)cccc1-c1ccccc1)C(O)(c1ccc2c(c1)n(C)c(=O)n2C)C(F)(F)F. The van der Waals surface area contributed by atoms with E-state index in [0.29, 0.717) is 16.6 Å². The molecule has 0 fully saturated rings. The average molecular weight is 499 g/mol. The van der Waals surface area contributed by atoms with Crippen molar-refractivity contribution in [2.75, 3.05) is 0 Å². The van der Waals surface area contributed by atoms with Crippen molar-refractivity contribution < 1.29 is 28.2 Å².